The number of benzene rings is 1. The summed E-state index contributed by atoms with van der Waals surface area (Å²) in [5.74, 6) is -0.0166. The van der Waals surface area contributed by atoms with Gasteiger partial charge < -0.3 is 4.74 Å². The number of Topliss-reactive ketones (excluding diaryl/α,β-unsaturated/α-hetero) is 1. The number of nitrogens with one attached hydrogen (secondary N) is 1. The Kier molecular flexibility index (Phi) is 3.68. The third-order valence-corrected chi connectivity index (χ3v) is 3.38. The van der Waals surface area contributed by atoms with E-state index in [-0.39, 0.29) is 11.7 Å². The molecule has 1 N–H and O–H groups in total. The van der Waals surface area contributed by atoms with Crippen molar-refractivity contribution in [3.8, 4) is 0 Å². The van der Waals surface area contributed by atoms with Crippen LogP contribution in [0, 0.1) is 5.92 Å². The molecule has 6 heteroatoms. The predicted molar refractivity (Wildman–Crippen MR) is 68.2 cm³/mol. The van der Waals surface area contributed by atoms with Crippen molar-refractivity contribution in [2.75, 3.05) is 24.2 Å². The molecule has 1 aromatic carbocycles. The van der Waals surface area contributed by atoms with Gasteiger partial charge in [-0.3, -0.25) is 9.52 Å². The van der Waals surface area contributed by atoms with E-state index in [0.717, 1.165) is 12.7 Å². The van der Waals surface area contributed by atoms with Gasteiger partial charge in [-0.2, -0.15) is 0 Å². The minimum atomic E-state index is -3.28. The normalized spacial score (nSPS) is 19.7. The number of rotatable bonds is 4. The first-order valence-corrected chi connectivity index (χ1v) is 7.55. The molecule has 1 aliphatic heterocycles. The van der Waals surface area contributed by atoms with E-state index in [4.69, 9.17) is 4.74 Å². The Hall–Kier alpha value is -1.40. The summed E-state index contributed by atoms with van der Waals surface area (Å²) in [6.45, 7) is 1.10. The quantitative estimate of drug-likeness (QED) is 0.836. The SMILES string of the molecule is CS(=O)(=O)Nc1ccc(C(=O)C2CCOC2)cc1. The van der Waals surface area contributed by atoms with E-state index >= 15 is 0 Å². The van der Waals surface area contributed by atoms with Gasteiger partial charge in [0.05, 0.1) is 12.9 Å². The van der Waals surface area contributed by atoms with Crippen LogP contribution in [0.4, 0.5) is 5.69 Å². The number of carbonyl (C=O) groups excluding carboxylic acids is 1. The molecule has 5 nitrogen and oxygen atoms in total. The van der Waals surface area contributed by atoms with Crippen molar-refractivity contribution in [3.63, 3.8) is 0 Å². The molecule has 1 saturated heterocycles. The number of hydrogen-bond donors (Lipinski definition) is 1. The molecule has 0 aliphatic carbocycles. The highest BCUT2D eigenvalue weighted by atomic mass is 32.2. The summed E-state index contributed by atoms with van der Waals surface area (Å²) in [6.07, 6.45) is 1.84. The molecule has 0 spiro atoms. The number of ether oxygens (including phenoxy) is 1. The maximum atomic E-state index is 12.0. The maximum absolute atomic E-state index is 12.0. The summed E-state index contributed by atoms with van der Waals surface area (Å²) in [5.41, 5.74) is 1.04. The molecule has 0 radical (unpaired) electrons. The predicted octanol–water partition coefficient (Wildman–Crippen LogP) is 1.28. The van der Waals surface area contributed by atoms with E-state index in [9.17, 15) is 13.2 Å². The van der Waals surface area contributed by atoms with Gasteiger partial charge in [-0.1, -0.05) is 0 Å². The Bertz CT molecular complexity index is 530. The molecular formula is C12H15NO4S. The third kappa shape index (κ3) is 3.30. The fraction of sp³-hybridized carbons (Fsp3) is 0.417. The Labute approximate surface area is 106 Å². The fourth-order valence-corrected chi connectivity index (χ4v) is 2.46. The zero-order valence-electron chi connectivity index (χ0n) is 10.0. The van der Waals surface area contributed by atoms with Gasteiger partial charge in [-0.15, -0.1) is 0 Å². The number of carbonyl (C=O) groups is 1. The van der Waals surface area contributed by atoms with E-state index in [2.05, 4.69) is 4.72 Å². The lowest BCUT2D eigenvalue weighted by Gasteiger charge is -2.08. The minimum Gasteiger partial charge on any atom is -0.381 e. The van der Waals surface area contributed by atoms with Gasteiger partial charge in [0.1, 0.15) is 0 Å². The molecular weight excluding hydrogens is 254 g/mol. The first-order valence-electron chi connectivity index (χ1n) is 5.65. The van der Waals surface area contributed by atoms with Gasteiger partial charge in [-0.25, -0.2) is 8.42 Å². The first kappa shape index (κ1) is 13.0. The van der Waals surface area contributed by atoms with Crippen LogP contribution in [0.25, 0.3) is 0 Å². The van der Waals surface area contributed by atoms with Crippen LogP contribution >= 0.6 is 0 Å². The summed E-state index contributed by atoms with van der Waals surface area (Å²) in [6, 6.07) is 6.44. The molecule has 1 fully saturated rings. The van der Waals surface area contributed by atoms with E-state index in [0.29, 0.717) is 24.5 Å². The lowest BCUT2D eigenvalue weighted by atomic mass is 9.97. The van der Waals surface area contributed by atoms with Crippen LogP contribution < -0.4 is 4.72 Å². The van der Waals surface area contributed by atoms with Crippen molar-refractivity contribution in [2.45, 2.75) is 6.42 Å². The standard InChI is InChI=1S/C12H15NO4S/c1-18(15,16)13-11-4-2-9(3-5-11)12(14)10-6-7-17-8-10/h2-5,10,13H,6-8H2,1H3. The van der Waals surface area contributed by atoms with Gasteiger partial charge in [-0.05, 0) is 30.7 Å². The lowest BCUT2D eigenvalue weighted by molar-refractivity contribution is 0.0900. The van der Waals surface area contributed by atoms with E-state index in [1.165, 1.54) is 0 Å². The average molecular weight is 269 g/mol. The minimum absolute atomic E-state index is 0.0541. The van der Waals surface area contributed by atoms with Crippen LogP contribution in [-0.2, 0) is 14.8 Å². The van der Waals surface area contributed by atoms with Gasteiger partial charge in [0.2, 0.25) is 10.0 Å². The van der Waals surface area contributed by atoms with Gasteiger partial charge in [0.25, 0.3) is 0 Å². The molecule has 1 aliphatic rings. The fourth-order valence-electron chi connectivity index (χ4n) is 1.89. The molecule has 18 heavy (non-hydrogen) atoms. The Morgan fingerprint density at radius 2 is 2.00 bits per heavy atom. The van der Waals surface area contributed by atoms with Gasteiger partial charge in [0.15, 0.2) is 5.78 Å². The summed E-state index contributed by atoms with van der Waals surface area (Å²) in [5, 5.41) is 0. The molecule has 1 unspecified atom stereocenters. The topological polar surface area (TPSA) is 72.5 Å². The molecule has 1 aromatic rings. The molecule has 0 saturated carbocycles. The smallest absolute Gasteiger partial charge is 0.229 e. The van der Waals surface area contributed by atoms with Crippen molar-refractivity contribution < 1.29 is 17.9 Å². The van der Waals surface area contributed by atoms with E-state index in [1.807, 2.05) is 0 Å². The average Bonchev–Trinajstić information content (AvgIpc) is 2.80. The number of ketones is 1. The van der Waals surface area contributed by atoms with Crippen molar-refractivity contribution in [2.24, 2.45) is 5.92 Å². The van der Waals surface area contributed by atoms with Crippen molar-refractivity contribution in [1.29, 1.82) is 0 Å². The van der Waals surface area contributed by atoms with Crippen molar-refractivity contribution in [3.05, 3.63) is 29.8 Å². The molecule has 0 aromatic heterocycles. The molecule has 0 bridgehead atoms. The lowest BCUT2D eigenvalue weighted by Crippen LogP contribution is -2.15. The largest absolute Gasteiger partial charge is 0.381 e. The zero-order chi connectivity index (χ0) is 13.2. The second-order valence-electron chi connectivity index (χ2n) is 4.38. The van der Waals surface area contributed by atoms with E-state index in [1.54, 1.807) is 24.3 Å². The van der Waals surface area contributed by atoms with E-state index < -0.39 is 10.0 Å². The van der Waals surface area contributed by atoms with Gasteiger partial charge >= 0.3 is 0 Å². The highest BCUT2D eigenvalue weighted by molar-refractivity contribution is 7.92. The Morgan fingerprint density at radius 1 is 1.33 bits per heavy atom. The van der Waals surface area contributed by atoms with Crippen molar-refractivity contribution >= 4 is 21.5 Å². The molecule has 98 valence electrons. The molecule has 1 heterocycles. The Balaban J connectivity index is 2.09. The van der Waals surface area contributed by atoms with Gasteiger partial charge in [0, 0.05) is 23.8 Å². The number of anilines is 1. The summed E-state index contributed by atoms with van der Waals surface area (Å²) in [7, 11) is -3.28. The summed E-state index contributed by atoms with van der Waals surface area (Å²) >= 11 is 0. The molecule has 1 atom stereocenters. The monoisotopic (exact) mass is 269 g/mol. The van der Waals surface area contributed by atoms with Crippen LogP contribution in [-0.4, -0.2) is 33.7 Å². The Morgan fingerprint density at radius 3 is 2.50 bits per heavy atom. The summed E-state index contributed by atoms with van der Waals surface area (Å²) < 4.78 is 29.6. The van der Waals surface area contributed by atoms with Crippen LogP contribution in [0.5, 0.6) is 0 Å². The second kappa shape index (κ2) is 5.07. The highest BCUT2D eigenvalue weighted by Crippen LogP contribution is 2.20. The highest BCUT2D eigenvalue weighted by Gasteiger charge is 2.24. The van der Waals surface area contributed by atoms with Crippen LogP contribution in [0.1, 0.15) is 16.8 Å². The van der Waals surface area contributed by atoms with Crippen LogP contribution in [0.3, 0.4) is 0 Å². The zero-order valence-corrected chi connectivity index (χ0v) is 10.9. The molecule has 0 amide bonds. The number of sulfonamides is 1. The van der Waals surface area contributed by atoms with Crippen LogP contribution in [0.2, 0.25) is 0 Å². The van der Waals surface area contributed by atoms with Crippen molar-refractivity contribution in [1.82, 2.24) is 0 Å². The third-order valence-electron chi connectivity index (χ3n) is 2.77. The maximum Gasteiger partial charge on any atom is 0.229 e. The molecule has 2 rings (SSSR count). The summed E-state index contributed by atoms with van der Waals surface area (Å²) in [4.78, 5) is 12.0. The van der Waals surface area contributed by atoms with Crippen LogP contribution in [0.15, 0.2) is 24.3 Å². The first-order chi connectivity index (χ1) is 8.46. The number of hydrogen-bond acceptors (Lipinski definition) is 4. The second-order valence-corrected chi connectivity index (χ2v) is 6.12.